The average molecular weight is 295 g/mol. The summed E-state index contributed by atoms with van der Waals surface area (Å²) >= 11 is 3.02. The topological polar surface area (TPSA) is 75.6 Å². The lowest BCUT2D eigenvalue weighted by Crippen LogP contribution is -2.40. The maximum atomic E-state index is 11.5. The Morgan fingerprint density at radius 1 is 1.33 bits per heavy atom. The fourth-order valence-corrected chi connectivity index (χ4v) is 2.29. The van der Waals surface area contributed by atoms with Gasteiger partial charge in [0, 0.05) is 12.3 Å². The van der Waals surface area contributed by atoms with Crippen molar-refractivity contribution in [1.82, 2.24) is 5.32 Å². The third-order valence-corrected chi connectivity index (χ3v) is 3.65. The van der Waals surface area contributed by atoms with Crippen molar-refractivity contribution in [3.8, 4) is 0 Å². The van der Waals surface area contributed by atoms with Gasteiger partial charge in [-0.1, -0.05) is 0 Å². The maximum absolute atomic E-state index is 11.5. The van der Waals surface area contributed by atoms with Crippen molar-refractivity contribution in [1.29, 1.82) is 0 Å². The highest BCUT2D eigenvalue weighted by molar-refractivity contribution is 7.98. The molecule has 0 fully saturated rings. The number of carbonyl (C=O) groups is 2. The van der Waals surface area contributed by atoms with Crippen LogP contribution in [0.1, 0.15) is 6.42 Å². The van der Waals surface area contributed by atoms with Gasteiger partial charge in [0.1, 0.15) is 6.10 Å². The summed E-state index contributed by atoms with van der Waals surface area (Å²) in [5.41, 5.74) is 0. The van der Waals surface area contributed by atoms with Gasteiger partial charge in [0.15, 0.2) is 0 Å². The Hall–Kier alpha value is -0.400. The van der Waals surface area contributed by atoms with E-state index in [2.05, 4.69) is 10.1 Å². The zero-order chi connectivity index (χ0) is 14.0. The summed E-state index contributed by atoms with van der Waals surface area (Å²) in [6.45, 7) is 0.206. The number of ether oxygens (including phenoxy) is 1. The van der Waals surface area contributed by atoms with E-state index in [4.69, 9.17) is 0 Å². The molecule has 0 rings (SSSR count). The van der Waals surface area contributed by atoms with E-state index >= 15 is 0 Å². The van der Waals surface area contributed by atoms with Crippen LogP contribution in [-0.2, 0) is 14.3 Å². The number of hydrogen-bond acceptors (Lipinski definition) is 6. The van der Waals surface area contributed by atoms with E-state index in [0.717, 1.165) is 5.75 Å². The molecular weight excluding hydrogens is 274 g/mol. The zero-order valence-electron chi connectivity index (χ0n) is 11.0. The summed E-state index contributed by atoms with van der Waals surface area (Å²) < 4.78 is 4.68. The Bertz CT molecular complexity index is 263. The fraction of sp³-hybridized carbons (Fsp3) is 0.818. The standard InChI is InChI=1S/C11H21NO4S2/c1-16-11(15)8(4-5-17-2)6-12-10(14)9(13)7-18-3/h8-9,13H,4-7H2,1-3H3,(H,12,14)/t8-,9-/m1/s1. The number of thioether (sulfide) groups is 2. The highest BCUT2D eigenvalue weighted by Gasteiger charge is 2.21. The SMILES string of the molecule is COC(=O)[C@H](CCSC)CNC(=O)[C@H](O)CSC. The summed E-state index contributed by atoms with van der Waals surface area (Å²) in [5.74, 6) is 0.0433. The van der Waals surface area contributed by atoms with Gasteiger partial charge in [-0.25, -0.2) is 0 Å². The van der Waals surface area contributed by atoms with E-state index in [0.29, 0.717) is 12.2 Å². The normalized spacial score (nSPS) is 13.8. The second-order valence-electron chi connectivity index (χ2n) is 3.72. The number of methoxy groups -OCH3 is 1. The number of aliphatic hydroxyl groups is 1. The molecule has 106 valence electrons. The van der Waals surface area contributed by atoms with Gasteiger partial charge in [-0.05, 0) is 24.7 Å². The quantitative estimate of drug-likeness (QED) is 0.599. The van der Waals surface area contributed by atoms with Gasteiger partial charge in [0.2, 0.25) is 5.91 Å². The average Bonchev–Trinajstić information content (AvgIpc) is 2.37. The predicted molar refractivity (Wildman–Crippen MR) is 75.9 cm³/mol. The molecule has 0 radical (unpaired) electrons. The molecule has 0 unspecified atom stereocenters. The van der Waals surface area contributed by atoms with Crippen LogP contribution in [0.25, 0.3) is 0 Å². The molecule has 0 aromatic rings. The molecule has 2 atom stereocenters. The highest BCUT2D eigenvalue weighted by atomic mass is 32.2. The van der Waals surface area contributed by atoms with Crippen molar-refractivity contribution in [3.63, 3.8) is 0 Å². The first-order valence-corrected chi connectivity index (χ1v) is 8.37. The second kappa shape index (κ2) is 10.5. The first kappa shape index (κ1) is 17.6. The molecule has 0 saturated carbocycles. The predicted octanol–water partition coefficient (Wildman–Crippen LogP) is 0.369. The van der Waals surface area contributed by atoms with Crippen molar-refractivity contribution >= 4 is 35.4 Å². The van der Waals surface area contributed by atoms with Crippen LogP contribution >= 0.6 is 23.5 Å². The number of hydrogen-bond donors (Lipinski definition) is 2. The van der Waals surface area contributed by atoms with Crippen molar-refractivity contribution in [2.75, 3.05) is 37.7 Å². The third-order valence-electron chi connectivity index (χ3n) is 2.35. The third kappa shape index (κ3) is 7.13. The van der Waals surface area contributed by atoms with Crippen LogP contribution in [-0.4, -0.2) is 60.8 Å². The second-order valence-corrected chi connectivity index (χ2v) is 5.61. The molecular formula is C11H21NO4S2. The summed E-state index contributed by atoms with van der Waals surface area (Å²) in [4.78, 5) is 23.0. The summed E-state index contributed by atoms with van der Waals surface area (Å²) in [5, 5.41) is 12.0. The van der Waals surface area contributed by atoms with Crippen LogP contribution in [0.5, 0.6) is 0 Å². The minimum Gasteiger partial charge on any atom is -0.469 e. The number of esters is 1. The van der Waals surface area contributed by atoms with Crippen molar-refractivity contribution < 1.29 is 19.4 Å². The molecule has 0 bridgehead atoms. The number of nitrogens with one attached hydrogen (secondary N) is 1. The Morgan fingerprint density at radius 2 is 2.00 bits per heavy atom. The first-order valence-electron chi connectivity index (χ1n) is 5.58. The lowest BCUT2D eigenvalue weighted by molar-refractivity contribution is -0.145. The van der Waals surface area contributed by atoms with Crippen molar-refractivity contribution in [2.24, 2.45) is 5.92 Å². The van der Waals surface area contributed by atoms with E-state index in [1.165, 1.54) is 18.9 Å². The van der Waals surface area contributed by atoms with Crippen LogP contribution in [0.4, 0.5) is 0 Å². The molecule has 0 spiro atoms. The summed E-state index contributed by atoms with van der Waals surface area (Å²) in [6, 6.07) is 0. The van der Waals surface area contributed by atoms with Gasteiger partial charge in [0.25, 0.3) is 0 Å². The van der Waals surface area contributed by atoms with Crippen LogP contribution in [0.2, 0.25) is 0 Å². The zero-order valence-corrected chi connectivity index (χ0v) is 12.6. The van der Waals surface area contributed by atoms with Gasteiger partial charge in [0.05, 0.1) is 13.0 Å². The number of carbonyl (C=O) groups excluding carboxylic acids is 2. The summed E-state index contributed by atoms with van der Waals surface area (Å²) in [6.07, 6.45) is 3.38. The fourth-order valence-electron chi connectivity index (χ4n) is 1.31. The van der Waals surface area contributed by atoms with Gasteiger partial charge in [-0.2, -0.15) is 23.5 Å². The molecule has 0 aliphatic heterocycles. The molecule has 1 amide bonds. The van der Waals surface area contributed by atoms with Gasteiger partial charge < -0.3 is 15.2 Å². The van der Waals surface area contributed by atoms with Crippen LogP contribution in [0, 0.1) is 5.92 Å². The number of amides is 1. The van der Waals surface area contributed by atoms with Crippen LogP contribution in [0.15, 0.2) is 0 Å². The maximum Gasteiger partial charge on any atom is 0.310 e. The Kier molecular flexibility index (Phi) is 10.3. The molecule has 18 heavy (non-hydrogen) atoms. The van der Waals surface area contributed by atoms with E-state index in [1.807, 2.05) is 12.5 Å². The van der Waals surface area contributed by atoms with E-state index < -0.39 is 12.0 Å². The molecule has 0 aromatic heterocycles. The molecule has 5 nitrogen and oxygen atoms in total. The number of rotatable bonds is 9. The van der Waals surface area contributed by atoms with E-state index in [1.54, 1.807) is 11.8 Å². The number of aliphatic hydroxyl groups excluding tert-OH is 1. The van der Waals surface area contributed by atoms with E-state index in [9.17, 15) is 14.7 Å². The van der Waals surface area contributed by atoms with Gasteiger partial charge in [-0.15, -0.1) is 0 Å². The largest absolute Gasteiger partial charge is 0.469 e. The van der Waals surface area contributed by atoms with Gasteiger partial charge >= 0.3 is 5.97 Å². The molecule has 0 saturated heterocycles. The first-order chi connectivity index (χ1) is 8.56. The van der Waals surface area contributed by atoms with Crippen molar-refractivity contribution in [2.45, 2.75) is 12.5 Å². The lowest BCUT2D eigenvalue weighted by atomic mass is 10.1. The molecule has 0 heterocycles. The molecule has 0 aliphatic rings. The minimum atomic E-state index is -1.03. The summed E-state index contributed by atoms with van der Waals surface area (Å²) in [7, 11) is 1.33. The Balaban J connectivity index is 4.16. The molecule has 7 heteroatoms. The Morgan fingerprint density at radius 3 is 2.50 bits per heavy atom. The molecule has 0 aromatic carbocycles. The monoisotopic (exact) mass is 295 g/mol. The minimum absolute atomic E-state index is 0.206. The smallest absolute Gasteiger partial charge is 0.310 e. The highest BCUT2D eigenvalue weighted by Crippen LogP contribution is 2.09. The molecule has 2 N–H and O–H groups in total. The van der Waals surface area contributed by atoms with Crippen LogP contribution < -0.4 is 5.32 Å². The Labute approximate surface area is 116 Å². The molecule has 0 aliphatic carbocycles. The van der Waals surface area contributed by atoms with E-state index in [-0.39, 0.29) is 18.4 Å². The lowest BCUT2D eigenvalue weighted by Gasteiger charge is -2.16. The van der Waals surface area contributed by atoms with Crippen LogP contribution in [0.3, 0.4) is 0 Å². The van der Waals surface area contributed by atoms with Crippen molar-refractivity contribution in [3.05, 3.63) is 0 Å². The van der Waals surface area contributed by atoms with Gasteiger partial charge in [-0.3, -0.25) is 9.59 Å².